The highest BCUT2D eigenvalue weighted by Gasteiger charge is 2.24. The van der Waals surface area contributed by atoms with Crippen LogP contribution in [-0.4, -0.2) is 19.5 Å². The zero-order valence-electron chi connectivity index (χ0n) is 17.4. The maximum absolute atomic E-state index is 6.35. The van der Waals surface area contributed by atoms with Crippen molar-refractivity contribution in [3.63, 3.8) is 0 Å². The molecule has 3 aromatic heterocycles. The molecular weight excluding hydrogens is 382 g/mol. The lowest BCUT2D eigenvalue weighted by atomic mass is 9.93. The van der Waals surface area contributed by atoms with E-state index < -0.39 is 0 Å². The molecule has 1 aliphatic carbocycles. The van der Waals surface area contributed by atoms with E-state index in [-0.39, 0.29) is 0 Å². The molecule has 0 amide bonds. The molecule has 31 heavy (non-hydrogen) atoms. The van der Waals surface area contributed by atoms with Gasteiger partial charge in [0.25, 0.3) is 0 Å². The second-order valence-electron chi connectivity index (χ2n) is 8.36. The summed E-state index contributed by atoms with van der Waals surface area (Å²) in [5.41, 5.74) is 12.7. The van der Waals surface area contributed by atoms with E-state index in [1.54, 1.807) is 6.20 Å². The maximum Gasteiger partial charge on any atom is 0.160 e. The third-order valence-electron chi connectivity index (χ3n) is 6.47. The molecule has 0 bridgehead atoms. The molecular formula is C26H23N5. The van der Waals surface area contributed by atoms with Crippen molar-refractivity contribution in [3.05, 3.63) is 72.7 Å². The molecule has 5 heteroatoms. The van der Waals surface area contributed by atoms with Crippen molar-refractivity contribution in [1.82, 2.24) is 19.5 Å². The number of benzene rings is 2. The van der Waals surface area contributed by atoms with E-state index in [2.05, 4.69) is 40.0 Å². The highest BCUT2D eigenvalue weighted by atomic mass is 15.0. The molecule has 0 saturated heterocycles. The lowest BCUT2D eigenvalue weighted by Crippen LogP contribution is -2.15. The monoisotopic (exact) mass is 405 g/mol. The van der Waals surface area contributed by atoms with Crippen LogP contribution in [0.1, 0.15) is 31.0 Å². The molecule has 6 rings (SSSR count). The number of nitrogen functional groups attached to an aromatic ring is 1. The maximum atomic E-state index is 6.35. The first-order valence-corrected chi connectivity index (χ1v) is 10.8. The molecule has 1 aliphatic rings. The lowest BCUT2D eigenvalue weighted by Gasteiger charge is -2.28. The normalized spacial score (nSPS) is 14.2. The van der Waals surface area contributed by atoms with Crippen molar-refractivity contribution in [2.45, 2.75) is 32.2 Å². The van der Waals surface area contributed by atoms with Crippen molar-refractivity contribution in [2.24, 2.45) is 0 Å². The number of nitrogens with two attached hydrogens (primary N) is 1. The van der Waals surface area contributed by atoms with E-state index in [4.69, 9.17) is 15.7 Å². The average Bonchev–Trinajstić information content (AvgIpc) is 3.13. The molecule has 2 N–H and O–H groups in total. The van der Waals surface area contributed by atoms with Crippen LogP contribution in [0.15, 0.2) is 67.0 Å². The lowest BCUT2D eigenvalue weighted by molar-refractivity contribution is 0.322. The van der Waals surface area contributed by atoms with E-state index >= 15 is 0 Å². The molecule has 0 atom stereocenters. The van der Waals surface area contributed by atoms with E-state index in [9.17, 15) is 0 Å². The predicted octanol–water partition coefficient (Wildman–Crippen LogP) is 5.93. The van der Waals surface area contributed by atoms with Gasteiger partial charge in [0.1, 0.15) is 5.82 Å². The number of aromatic nitrogens is 4. The van der Waals surface area contributed by atoms with E-state index in [1.807, 2.05) is 37.3 Å². The SMILES string of the molecule is Cc1nc(-c2ccccc2)nc2cc(-c3cn(C4CCC4)c4ccnc(N)c34)ccc12. The van der Waals surface area contributed by atoms with Gasteiger partial charge in [-0.3, -0.25) is 0 Å². The zero-order valence-corrected chi connectivity index (χ0v) is 17.4. The molecule has 5 aromatic rings. The number of aryl methyl sites for hydroxylation is 1. The van der Waals surface area contributed by atoms with E-state index in [0.29, 0.717) is 11.9 Å². The van der Waals surface area contributed by atoms with Gasteiger partial charge in [0, 0.05) is 46.0 Å². The molecule has 0 aliphatic heterocycles. The summed E-state index contributed by atoms with van der Waals surface area (Å²) in [5.74, 6) is 1.33. The quantitative estimate of drug-likeness (QED) is 0.404. The number of pyridine rings is 1. The van der Waals surface area contributed by atoms with Gasteiger partial charge in [-0.05, 0) is 43.9 Å². The largest absolute Gasteiger partial charge is 0.383 e. The smallest absolute Gasteiger partial charge is 0.160 e. The third-order valence-corrected chi connectivity index (χ3v) is 6.47. The zero-order chi connectivity index (χ0) is 20.9. The van der Waals surface area contributed by atoms with Gasteiger partial charge in [0.15, 0.2) is 5.82 Å². The Balaban J connectivity index is 1.56. The van der Waals surface area contributed by atoms with Crippen molar-refractivity contribution in [2.75, 3.05) is 5.73 Å². The van der Waals surface area contributed by atoms with E-state index in [1.165, 1.54) is 19.3 Å². The Hall–Kier alpha value is -3.73. The predicted molar refractivity (Wildman–Crippen MR) is 126 cm³/mol. The summed E-state index contributed by atoms with van der Waals surface area (Å²) in [6.45, 7) is 2.04. The summed E-state index contributed by atoms with van der Waals surface area (Å²) >= 11 is 0. The molecule has 0 unspecified atom stereocenters. The van der Waals surface area contributed by atoms with Crippen LogP contribution in [0.25, 0.3) is 44.3 Å². The molecule has 0 radical (unpaired) electrons. The van der Waals surface area contributed by atoms with Crippen molar-refractivity contribution in [3.8, 4) is 22.5 Å². The number of nitrogens with zero attached hydrogens (tertiary/aromatic N) is 4. The molecule has 1 saturated carbocycles. The van der Waals surface area contributed by atoms with Crippen LogP contribution < -0.4 is 5.73 Å². The highest BCUT2D eigenvalue weighted by molar-refractivity contribution is 6.03. The Morgan fingerprint density at radius 1 is 0.968 bits per heavy atom. The van der Waals surface area contributed by atoms with Gasteiger partial charge in [-0.15, -0.1) is 0 Å². The summed E-state index contributed by atoms with van der Waals surface area (Å²) in [6.07, 6.45) is 7.78. The Bertz CT molecular complexity index is 1430. The highest BCUT2D eigenvalue weighted by Crippen LogP contribution is 2.41. The summed E-state index contributed by atoms with van der Waals surface area (Å²) in [7, 11) is 0. The first-order valence-electron chi connectivity index (χ1n) is 10.8. The van der Waals surface area contributed by atoms with Crippen LogP contribution in [0.3, 0.4) is 0 Å². The minimum Gasteiger partial charge on any atom is -0.383 e. The Morgan fingerprint density at radius 3 is 2.58 bits per heavy atom. The second kappa shape index (κ2) is 6.91. The standard InChI is InChI=1S/C26H23N5/c1-16-20-11-10-18(14-22(20)30-26(29-16)17-6-3-2-4-7-17)21-15-31(19-8-5-9-19)23-12-13-28-25(27)24(21)23/h2-4,6-7,10-15,19H,5,8-9H2,1H3,(H2,27,28). The molecule has 152 valence electrons. The average molecular weight is 406 g/mol. The summed E-state index contributed by atoms with van der Waals surface area (Å²) in [4.78, 5) is 14.0. The number of rotatable bonds is 3. The van der Waals surface area contributed by atoms with Gasteiger partial charge < -0.3 is 10.3 Å². The number of anilines is 1. The van der Waals surface area contributed by atoms with Crippen molar-refractivity contribution in [1.29, 1.82) is 0 Å². The van der Waals surface area contributed by atoms with Gasteiger partial charge in [-0.25, -0.2) is 15.0 Å². The topological polar surface area (TPSA) is 69.6 Å². The molecule has 2 aromatic carbocycles. The molecule has 5 nitrogen and oxygen atoms in total. The molecule has 0 spiro atoms. The van der Waals surface area contributed by atoms with Crippen LogP contribution >= 0.6 is 0 Å². The van der Waals surface area contributed by atoms with Crippen LogP contribution in [0.4, 0.5) is 5.82 Å². The van der Waals surface area contributed by atoms with Crippen LogP contribution in [0, 0.1) is 6.92 Å². The molecule has 1 fully saturated rings. The first-order chi connectivity index (χ1) is 15.2. The number of hydrogen-bond donors (Lipinski definition) is 1. The second-order valence-corrected chi connectivity index (χ2v) is 8.36. The third kappa shape index (κ3) is 2.88. The van der Waals surface area contributed by atoms with Crippen molar-refractivity contribution >= 4 is 27.6 Å². The van der Waals surface area contributed by atoms with Crippen LogP contribution in [0.2, 0.25) is 0 Å². The minimum absolute atomic E-state index is 0.549. The summed E-state index contributed by atoms with van der Waals surface area (Å²) < 4.78 is 2.39. The summed E-state index contributed by atoms with van der Waals surface area (Å²) in [5, 5.41) is 2.10. The molecule has 3 heterocycles. The Labute approximate surface area is 180 Å². The number of fused-ring (bicyclic) bond motifs is 2. The first kappa shape index (κ1) is 18.1. The Morgan fingerprint density at radius 2 is 1.81 bits per heavy atom. The van der Waals surface area contributed by atoms with Gasteiger partial charge in [0.2, 0.25) is 0 Å². The summed E-state index contributed by atoms with van der Waals surface area (Å²) in [6, 6.07) is 19.2. The van der Waals surface area contributed by atoms with Gasteiger partial charge in [0.05, 0.1) is 11.0 Å². The fraction of sp³-hybridized carbons (Fsp3) is 0.192. The van der Waals surface area contributed by atoms with Gasteiger partial charge >= 0.3 is 0 Å². The number of hydrogen-bond acceptors (Lipinski definition) is 4. The fourth-order valence-electron chi connectivity index (χ4n) is 4.59. The fourth-order valence-corrected chi connectivity index (χ4v) is 4.59. The Kier molecular flexibility index (Phi) is 4.03. The minimum atomic E-state index is 0.549. The van der Waals surface area contributed by atoms with Crippen molar-refractivity contribution < 1.29 is 0 Å². The van der Waals surface area contributed by atoms with Gasteiger partial charge in [-0.2, -0.15) is 0 Å². The van der Waals surface area contributed by atoms with E-state index in [0.717, 1.165) is 50.0 Å². The van der Waals surface area contributed by atoms with Crippen LogP contribution in [0.5, 0.6) is 0 Å². The van der Waals surface area contributed by atoms with Gasteiger partial charge in [-0.1, -0.05) is 42.5 Å². The van der Waals surface area contributed by atoms with Crippen LogP contribution in [-0.2, 0) is 0 Å².